The molecule has 5 rings (SSSR count). The van der Waals surface area contributed by atoms with Crippen LogP contribution in [0, 0.1) is 16.7 Å². The second kappa shape index (κ2) is 3.72. The zero-order valence-corrected chi connectivity index (χ0v) is 11.5. The van der Waals surface area contributed by atoms with Crippen LogP contribution in [0.3, 0.4) is 0 Å². The third-order valence-corrected chi connectivity index (χ3v) is 6.36. The van der Waals surface area contributed by atoms with E-state index in [0.717, 1.165) is 13.0 Å². The van der Waals surface area contributed by atoms with Crippen molar-refractivity contribution in [2.75, 3.05) is 6.54 Å². The second-order valence-corrected chi connectivity index (χ2v) is 7.49. The Balaban J connectivity index is 1.41. The van der Waals surface area contributed by atoms with E-state index in [2.05, 4.69) is 0 Å². The summed E-state index contributed by atoms with van der Waals surface area (Å²) in [4.78, 5) is 14.5. The van der Waals surface area contributed by atoms with E-state index in [9.17, 15) is 18.0 Å². The summed E-state index contributed by atoms with van der Waals surface area (Å²) in [5, 5.41) is 0. The molecular weight excluding hydrogens is 267 g/mol. The highest BCUT2D eigenvalue weighted by Gasteiger charge is 2.81. The van der Waals surface area contributed by atoms with Gasteiger partial charge in [0.15, 0.2) is 0 Å². The van der Waals surface area contributed by atoms with Crippen LogP contribution in [0.2, 0.25) is 0 Å². The lowest BCUT2D eigenvalue weighted by atomic mass is 9.34. The molecule has 112 valence electrons. The average molecular weight is 287 g/mol. The van der Waals surface area contributed by atoms with Crippen molar-refractivity contribution in [2.45, 2.75) is 63.6 Å². The number of likely N-dealkylation sites (tertiary alicyclic amines) is 1. The van der Waals surface area contributed by atoms with Gasteiger partial charge in [-0.25, -0.2) is 0 Å². The fourth-order valence-electron chi connectivity index (χ4n) is 5.11. The number of nitrogens with zero attached hydrogens (tertiary/aromatic N) is 1. The molecule has 2 bridgehead atoms. The lowest BCUT2D eigenvalue weighted by Gasteiger charge is -2.70. The first kappa shape index (κ1) is 13.0. The Morgan fingerprint density at radius 1 is 1.05 bits per heavy atom. The van der Waals surface area contributed by atoms with Gasteiger partial charge >= 0.3 is 6.18 Å². The van der Waals surface area contributed by atoms with Crippen molar-refractivity contribution in [3.8, 4) is 0 Å². The van der Waals surface area contributed by atoms with Crippen molar-refractivity contribution < 1.29 is 18.0 Å². The first-order valence-corrected chi connectivity index (χ1v) is 7.75. The van der Waals surface area contributed by atoms with E-state index in [1.54, 1.807) is 0 Å². The van der Waals surface area contributed by atoms with Gasteiger partial charge in [-0.05, 0) is 44.4 Å². The molecule has 5 aliphatic rings. The van der Waals surface area contributed by atoms with Gasteiger partial charge in [-0.1, -0.05) is 12.8 Å². The fourth-order valence-corrected chi connectivity index (χ4v) is 5.11. The third-order valence-electron chi connectivity index (χ3n) is 6.36. The molecule has 4 saturated carbocycles. The topological polar surface area (TPSA) is 20.3 Å². The third kappa shape index (κ3) is 1.44. The predicted octanol–water partition coefficient (Wildman–Crippen LogP) is 3.51. The summed E-state index contributed by atoms with van der Waals surface area (Å²) in [6.45, 7) is 0.765. The lowest BCUT2D eigenvalue weighted by molar-refractivity contribution is -0.354. The van der Waals surface area contributed by atoms with Crippen LogP contribution in [0.5, 0.6) is 0 Å². The molecule has 20 heavy (non-hydrogen) atoms. The van der Waals surface area contributed by atoms with Gasteiger partial charge in [0.2, 0.25) is 5.91 Å². The van der Waals surface area contributed by atoms with Crippen LogP contribution in [-0.4, -0.2) is 29.6 Å². The summed E-state index contributed by atoms with van der Waals surface area (Å²) >= 11 is 0. The molecule has 4 aliphatic carbocycles. The van der Waals surface area contributed by atoms with Gasteiger partial charge in [-0.3, -0.25) is 4.79 Å². The zero-order chi connectivity index (χ0) is 14.2. The summed E-state index contributed by atoms with van der Waals surface area (Å²) in [5.74, 6) is 0.642. The summed E-state index contributed by atoms with van der Waals surface area (Å²) in [5.41, 5.74) is -2.14. The number of alkyl halides is 3. The van der Waals surface area contributed by atoms with Gasteiger partial charge in [-0.15, -0.1) is 0 Å². The molecule has 1 heterocycles. The Labute approximate surface area is 116 Å². The first-order valence-electron chi connectivity index (χ1n) is 7.75. The molecule has 2 nitrogen and oxygen atoms in total. The van der Waals surface area contributed by atoms with E-state index in [1.165, 1.54) is 25.7 Å². The van der Waals surface area contributed by atoms with Crippen molar-refractivity contribution in [3.63, 3.8) is 0 Å². The highest BCUT2D eigenvalue weighted by atomic mass is 19.4. The molecule has 0 aromatic rings. The smallest absolute Gasteiger partial charge is 0.339 e. The summed E-state index contributed by atoms with van der Waals surface area (Å²) < 4.78 is 38.6. The molecule has 0 aromatic carbocycles. The Bertz CT molecular complexity index is 433. The molecule has 5 fully saturated rings. The number of rotatable bonds is 2. The van der Waals surface area contributed by atoms with Gasteiger partial charge in [0.05, 0.1) is 10.8 Å². The SMILES string of the molecule is O=C(N1CC[C@H]1C1CCCC1)C12CC(C(F)(F)F)(C1)C2. The Hall–Kier alpha value is -0.740. The van der Waals surface area contributed by atoms with E-state index in [-0.39, 0.29) is 25.2 Å². The van der Waals surface area contributed by atoms with Crippen LogP contribution >= 0.6 is 0 Å². The van der Waals surface area contributed by atoms with Gasteiger partial charge in [-0.2, -0.15) is 13.2 Å². The average Bonchev–Trinajstić information content (AvgIpc) is 2.61. The van der Waals surface area contributed by atoms with Gasteiger partial charge < -0.3 is 4.90 Å². The van der Waals surface area contributed by atoms with E-state index < -0.39 is 17.0 Å². The summed E-state index contributed by atoms with van der Waals surface area (Å²) in [6, 6.07) is 0.334. The van der Waals surface area contributed by atoms with Gasteiger partial charge in [0.25, 0.3) is 0 Å². The predicted molar refractivity (Wildman–Crippen MR) is 66.8 cm³/mol. The quantitative estimate of drug-likeness (QED) is 0.761. The Morgan fingerprint density at radius 2 is 1.65 bits per heavy atom. The maximum absolute atomic E-state index is 12.9. The molecule has 1 atom stereocenters. The van der Waals surface area contributed by atoms with Crippen molar-refractivity contribution in [1.29, 1.82) is 0 Å². The second-order valence-electron chi connectivity index (χ2n) is 7.49. The van der Waals surface area contributed by atoms with Crippen LogP contribution in [0.25, 0.3) is 0 Å². The van der Waals surface area contributed by atoms with E-state index in [4.69, 9.17) is 0 Å². The van der Waals surface area contributed by atoms with Crippen molar-refractivity contribution in [3.05, 3.63) is 0 Å². The number of halogens is 3. The zero-order valence-electron chi connectivity index (χ0n) is 11.5. The van der Waals surface area contributed by atoms with E-state index in [1.807, 2.05) is 4.90 Å². The Kier molecular flexibility index (Phi) is 2.41. The maximum atomic E-state index is 12.9. The molecule has 1 aliphatic heterocycles. The number of hydrogen-bond acceptors (Lipinski definition) is 1. The number of carbonyl (C=O) groups excluding carboxylic acids is 1. The monoisotopic (exact) mass is 287 g/mol. The van der Waals surface area contributed by atoms with Crippen LogP contribution in [-0.2, 0) is 4.79 Å². The lowest BCUT2D eigenvalue weighted by Crippen LogP contribution is -2.74. The normalized spacial score (nSPS) is 43.8. The fraction of sp³-hybridized carbons (Fsp3) is 0.933. The van der Waals surface area contributed by atoms with Crippen LogP contribution < -0.4 is 0 Å². The van der Waals surface area contributed by atoms with Crippen molar-refractivity contribution >= 4 is 5.91 Å². The molecule has 0 unspecified atom stereocenters. The van der Waals surface area contributed by atoms with Crippen LogP contribution in [0.4, 0.5) is 13.2 Å². The summed E-state index contributed by atoms with van der Waals surface area (Å²) in [7, 11) is 0. The molecule has 0 spiro atoms. The number of hydrogen-bond donors (Lipinski definition) is 0. The molecular formula is C15H20F3NO. The first-order chi connectivity index (χ1) is 9.37. The minimum atomic E-state index is -4.12. The Morgan fingerprint density at radius 3 is 2.10 bits per heavy atom. The largest absolute Gasteiger partial charge is 0.394 e. The van der Waals surface area contributed by atoms with Gasteiger partial charge in [0, 0.05) is 12.6 Å². The van der Waals surface area contributed by atoms with Crippen LogP contribution in [0.15, 0.2) is 0 Å². The highest BCUT2D eigenvalue weighted by Crippen LogP contribution is 2.79. The standard InChI is InChI=1S/C15H20F3NO/c16-15(17,18)14-7-13(8-14,9-14)12(20)19-6-5-11(19)10-3-1-2-4-10/h10-11H,1-9H2/t11-,13?,14?/m0/s1. The van der Waals surface area contributed by atoms with E-state index >= 15 is 0 Å². The molecule has 5 heteroatoms. The molecule has 1 amide bonds. The van der Waals surface area contributed by atoms with E-state index in [0.29, 0.717) is 12.0 Å². The molecule has 0 radical (unpaired) electrons. The van der Waals surface area contributed by atoms with Crippen molar-refractivity contribution in [2.24, 2.45) is 16.7 Å². The summed E-state index contributed by atoms with van der Waals surface area (Å²) in [6.07, 6.45) is 1.95. The minimum absolute atomic E-state index is 0.0341. The number of carbonyl (C=O) groups is 1. The highest BCUT2D eigenvalue weighted by molar-refractivity contribution is 5.87. The number of amides is 1. The molecule has 0 aromatic heterocycles. The minimum Gasteiger partial charge on any atom is -0.339 e. The molecule has 0 N–H and O–H groups in total. The van der Waals surface area contributed by atoms with Gasteiger partial charge in [0.1, 0.15) is 0 Å². The van der Waals surface area contributed by atoms with Crippen LogP contribution in [0.1, 0.15) is 51.4 Å². The maximum Gasteiger partial charge on any atom is 0.394 e. The van der Waals surface area contributed by atoms with Crippen molar-refractivity contribution in [1.82, 2.24) is 4.90 Å². The molecule has 1 saturated heterocycles.